The molecule has 2 rings (SSSR count). The summed E-state index contributed by atoms with van der Waals surface area (Å²) in [6, 6.07) is 3.40. The van der Waals surface area contributed by atoms with Crippen molar-refractivity contribution < 1.29 is 12.8 Å². The molecule has 0 fully saturated rings. The number of nitrogens with zero attached hydrogens (tertiary/aromatic N) is 3. The predicted molar refractivity (Wildman–Crippen MR) is 65.6 cm³/mol. The first-order valence-electron chi connectivity index (χ1n) is 5.08. The van der Waals surface area contributed by atoms with Crippen LogP contribution in [0, 0.1) is 0 Å². The third-order valence-corrected chi connectivity index (χ3v) is 4.74. The van der Waals surface area contributed by atoms with Crippen molar-refractivity contribution >= 4 is 21.6 Å². The van der Waals surface area contributed by atoms with E-state index in [0.29, 0.717) is 5.76 Å². The Labute approximate surface area is 110 Å². The Balaban J connectivity index is 2.28. The van der Waals surface area contributed by atoms with Crippen LogP contribution >= 0.6 is 11.6 Å². The van der Waals surface area contributed by atoms with Gasteiger partial charge in [0.15, 0.2) is 0 Å². The Kier molecular flexibility index (Phi) is 3.47. The van der Waals surface area contributed by atoms with Crippen LogP contribution in [0.2, 0.25) is 5.15 Å². The van der Waals surface area contributed by atoms with Gasteiger partial charge in [0.25, 0.3) is 10.0 Å². The summed E-state index contributed by atoms with van der Waals surface area (Å²) >= 11 is 5.89. The monoisotopic (exact) mass is 289 g/mol. The van der Waals surface area contributed by atoms with Crippen LogP contribution < -0.4 is 0 Å². The zero-order valence-corrected chi connectivity index (χ0v) is 11.4. The molecular formula is C10H12ClN3O3S. The van der Waals surface area contributed by atoms with E-state index in [9.17, 15) is 8.42 Å². The van der Waals surface area contributed by atoms with Crippen LogP contribution in [0.4, 0.5) is 0 Å². The lowest BCUT2D eigenvalue weighted by Gasteiger charge is -2.14. The van der Waals surface area contributed by atoms with Crippen molar-refractivity contribution in [1.29, 1.82) is 0 Å². The third-order valence-electron chi connectivity index (χ3n) is 2.45. The average Bonchev–Trinajstić information content (AvgIpc) is 2.91. The maximum Gasteiger partial charge on any atom is 0.263 e. The Bertz CT molecular complexity index is 633. The van der Waals surface area contributed by atoms with Crippen molar-refractivity contribution in [2.75, 3.05) is 7.05 Å². The highest BCUT2D eigenvalue weighted by Gasteiger charge is 2.27. The smallest absolute Gasteiger partial charge is 0.263 e. The van der Waals surface area contributed by atoms with E-state index in [1.807, 2.05) is 0 Å². The molecular weight excluding hydrogens is 278 g/mol. The fourth-order valence-corrected chi connectivity index (χ4v) is 2.94. The van der Waals surface area contributed by atoms with Gasteiger partial charge in [-0.25, -0.2) is 13.4 Å². The zero-order valence-electron chi connectivity index (χ0n) is 9.87. The summed E-state index contributed by atoms with van der Waals surface area (Å²) in [6.45, 7) is 0.127. The minimum atomic E-state index is -3.72. The maximum absolute atomic E-state index is 12.2. The van der Waals surface area contributed by atoms with Gasteiger partial charge in [-0.15, -0.1) is 0 Å². The average molecular weight is 290 g/mol. The minimum absolute atomic E-state index is 0.0845. The van der Waals surface area contributed by atoms with E-state index in [-0.39, 0.29) is 16.7 Å². The number of hydrogen-bond acceptors (Lipinski definition) is 4. The first kappa shape index (κ1) is 13.1. The second-order valence-electron chi connectivity index (χ2n) is 3.79. The van der Waals surface area contributed by atoms with E-state index in [0.717, 1.165) is 4.31 Å². The number of sulfonamides is 1. The van der Waals surface area contributed by atoms with Crippen LogP contribution in [0.1, 0.15) is 5.76 Å². The Hall–Kier alpha value is -1.31. The number of halogens is 1. The molecule has 0 unspecified atom stereocenters. The molecule has 2 aromatic heterocycles. The molecule has 0 aromatic carbocycles. The highest BCUT2D eigenvalue weighted by atomic mass is 35.5. The molecule has 0 N–H and O–H groups in total. The summed E-state index contributed by atoms with van der Waals surface area (Å²) in [5.41, 5.74) is 0. The van der Waals surface area contributed by atoms with E-state index < -0.39 is 10.0 Å². The molecule has 0 bridgehead atoms. The van der Waals surface area contributed by atoms with Gasteiger partial charge >= 0.3 is 0 Å². The van der Waals surface area contributed by atoms with E-state index in [2.05, 4.69) is 4.98 Å². The van der Waals surface area contributed by atoms with Gasteiger partial charge in [0, 0.05) is 14.1 Å². The molecule has 0 aliphatic rings. The Morgan fingerprint density at radius 1 is 1.56 bits per heavy atom. The molecule has 6 nitrogen and oxygen atoms in total. The third kappa shape index (κ3) is 2.29. The van der Waals surface area contributed by atoms with Crippen LogP contribution in [0.15, 0.2) is 34.2 Å². The van der Waals surface area contributed by atoms with E-state index in [4.69, 9.17) is 16.0 Å². The second-order valence-corrected chi connectivity index (χ2v) is 6.11. The lowest BCUT2D eigenvalue weighted by molar-refractivity contribution is 0.405. The first-order valence-corrected chi connectivity index (χ1v) is 6.90. The molecule has 0 atom stereocenters. The highest BCUT2D eigenvalue weighted by molar-refractivity contribution is 7.89. The van der Waals surface area contributed by atoms with Crippen LogP contribution in [0.25, 0.3) is 0 Å². The van der Waals surface area contributed by atoms with Gasteiger partial charge in [-0.2, -0.15) is 4.31 Å². The normalized spacial score (nSPS) is 12.2. The largest absolute Gasteiger partial charge is 0.468 e. The SMILES string of the molecule is CN(Cc1ccco1)S(=O)(=O)c1ncn(C)c1Cl. The molecule has 2 heterocycles. The van der Waals surface area contributed by atoms with Crippen molar-refractivity contribution in [2.24, 2.45) is 7.05 Å². The molecule has 2 aromatic rings. The molecule has 0 spiro atoms. The van der Waals surface area contributed by atoms with Gasteiger partial charge in [0.1, 0.15) is 10.9 Å². The molecule has 0 amide bonds. The number of furan rings is 1. The van der Waals surface area contributed by atoms with Gasteiger partial charge < -0.3 is 8.98 Å². The van der Waals surface area contributed by atoms with E-state index in [1.165, 1.54) is 24.2 Å². The maximum atomic E-state index is 12.2. The number of aryl methyl sites for hydroxylation is 1. The number of rotatable bonds is 4. The Morgan fingerprint density at radius 2 is 2.28 bits per heavy atom. The summed E-state index contributed by atoms with van der Waals surface area (Å²) < 4.78 is 32.1. The predicted octanol–water partition coefficient (Wildman–Crippen LogP) is 1.49. The summed E-state index contributed by atoms with van der Waals surface area (Å²) in [5.74, 6) is 0.549. The van der Waals surface area contributed by atoms with Crippen molar-refractivity contribution in [3.05, 3.63) is 35.6 Å². The standard InChI is InChI=1S/C10H12ClN3O3S/c1-13-7-12-10(9(13)11)18(15,16)14(2)6-8-4-3-5-17-8/h3-5,7H,6H2,1-2H3. The number of aromatic nitrogens is 2. The molecule has 0 aliphatic heterocycles. The molecule has 98 valence electrons. The van der Waals surface area contributed by atoms with Gasteiger partial charge in [-0.05, 0) is 12.1 Å². The molecule has 0 aliphatic carbocycles. The fourth-order valence-electron chi connectivity index (χ4n) is 1.42. The minimum Gasteiger partial charge on any atom is -0.468 e. The zero-order chi connectivity index (χ0) is 13.3. The Morgan fingerprint density at radius 3 is 2.78 bits per heavy atom. The van der Waals surface area contributed by atoms with Gasteiger partial charge in [0.05, 0.1) is 19.1 Å². The molecule has 0 saturated heterocycles. The lowest BCUT2D eigenvalue weighted by atomic mass is 10.4. The summed E-state index contributed by atoms with van der Waals surface area (Å²) in [6.07, 6.45) is 2.85. The van der Waals surface area contributed by atoms with Crippen molar-refractivity contribution in [3.8, 4) is 0 Å². The molecule has 18 heavy (non-hydrogen) atoms. The molecule has 8 heteroatoms. The van der Waals surface area contributed by atoms with E-state index in [1.54, 1.807) is 19.2 Å². The van der Waals surface area contributed by atoms with Crippen molar-refractivity contribution in [1.82, 2.24) is 13.9 Å². The lowest BCUT2D eigenvalue weighted by Crippen LogP contribution is -2.26. The number of hydrogen-bond donors (Lipinski definition) is 0. The highest BCUT2D eigenvalue weighted by Crippen LogP contribution is 2.22. The molecule has 0 radical (unpaired) electrons. The van der Waals surface area contributed by atoms with Crippen LogP contribution in [0.3, 0.4) is 0 Å². The van der Waals surface area contributed by atoms with Crippen LogP contribution in [-0.2, 0) is 23.6 Å². The van der Waals surface area contributed by atoms with Gasteiger partial charge in [-0.1, -0.05) is 11.6 Å². The summed E-state index contributed by atoms with van der Waals surface area (Å²) in [7, 11) is -0.642. The number of imidazole rings is 1. The van der Waals surface area contributed by atoms with E-state index >= 15 is 0 Å². The first-order chi connectivity index (χ1) is 8.43. The van der Waals surface area contributed by atoms with Gasteiger partial charge in [0.2, 0.25) is 5.03 Å². The summed E-state index contributed by atoms with van der Waals surface area (Å²) in [4.78, 5) is 3.81. The van der Waals surface area contributed by atoms with Crippen molar-refractivity contribution in [2.45, 2.75) is 11.6 Å². The molecule has 0 saturated carbocycles. The van der Waals surface area contributed by atoms with Crippen LogP contribution in [-0.4, -0.2) is 29.3 Å². The van der Waals surface area contributed by atoms with Crippen LogP contribution in [0.5, 0.6) is 0 Å². The fraction of sp³-hybridized carbons (Fsp3) is 0.300. The quantitative estimate of drug-likeness (QED) is 0.855. The summed E-state index contributed by atoms with van der Waals surface area (Å²) in [5, 5.41) is -0.0676. The van der Waals surface area contributed by atoms with Gasteiger partial charge in [-0.3, -0.25) is 0 Å². The topological polar surface area (TPSA) is 68.3 Å². The second kappa shape index (κ2) is 4.75. The van der Waals surface area contributed by atoms with Crippen molar-refractivity contribution in [3.63, 3.8) is 0 Å².